The van der Waals surface area contributed by atoms with E-state index < -0.39 is 46.9 Å². The van der Waals surface area contributed by atoms with E-state index in [0.717, 1.165) is 43.2 Å². The SMILES string of the molecule is CCc1ccc([I+](OS(=O)(=O)c2ccc(F)cc2F)c2ccc(CC)cc2)cc1. The third kappa shape index (κ3) is 5.21. The van der Waals surface area contributed by atoms with Crippen LogP contribution in [0.2, 0.25) is 0 Å². The summed E-state index contributed by atoms with van der Waals surface area (Å²) in [5.74, 6) is -2.01. The number of hydrogen-bond acceptors (Lipinski definition) is 3. The first-order valence-corrected chi connectivity index (χ1v) is 13.6. The molecule has 0 unspecified atom stereocenters. The minimum Gasteiger partial charge on any atom is -0.207 e. The number of aryl methyl sites for hydroxylation is 2. The van der Waals surface area contributed by atoms with Crippen LogP contribution in [0.4, 0.5) is 8.78 Å². The molecule has 7 heteroatoms. The minimum atomic E-state index is -4.41. The molecule has 0 aliphatic carbocycles. The van der Waals surface area contributed by atoms with Crippen molar-refractivity contribution in [3.05, 3.63) is 96.6 Å². The second kappa shape index (κ2) is 9.32. The molecule has 0 N–H and O–H groups in total. The van der Waals surface area contributed by atoms with Gasteiger partial charge in [0.05, 0.1) is 0 Å². The van der Waals surface area contributed by atoms with Gasteiger partial charge in [0.15, 0.2) is 7.14 Å². The summed E-state index contributed by atoms with van der Waals surface area (Å²) in [6.45, 7) is 4.07. The second-order valence-electron chi connectivity index (χ2n) is 6.30. The Balaban J connectivity index is 2.03. The molecule has 1 radical (unpaired) electrons. The van der Waals surface area contributed by atoms with Crippen LogP contribution < -0.4 is 20.2 Å². The molecule has 3 rings (SSSR count). The van der Waals surface area contributed by atoms with Gasteiger partial charge in [-0.1, -0.05) is 38.1 Å². The van der Waals surface area contributed by atoms with Crippen molar-refractivity contribution in [2.75, 3.05) is 0 Å². The molecule has 0 aliphatic heterocycles. The highest BCUT2D eigenvalue weighted by Gasteiger charge is 2.38. The van der Waals surface area contributed by atoms with Crippen LogP contribution in [0.1, 0.15) is 25.0 Å². The zero-order chi connectivity index (χ0) is 21.0. The van der Waals surface area contributed by atoms with Crippen LogP contribution in [-0.2, 0) is 25.5 Å². The molecule has 153 valence electrons. The van der Waals surface area contributed by atoms with E-state index in [1.165, 1.54) is 0 Å². The zero-order valence-electron chi connectivity index (χ0n) is 16.0. The molecule has 0 saturated heterocycles. The van der Waals surface area contributed by atoms with Crippen LogP contribution in [0.5, 0.6) is 0 Å². The van der Waals surface area contributed by atoms with Crippen LogP contribution in [0, 0.1) is 18.8 Å². The van der Waals surface area contributed by atoms with Crippen molar-refractivity contribution in [3.63, 3.8) is 0 Å². The van der Waals surface area contributed by atoms with Gasteiger partial charge < -0.3 is 0 Å². The molecule has 0 amide bonds. The first kappa shape index (κ1) is 21.9. The van der Waals surface area contributed by atoms with E-state index in [1.54, 1.807) is 0 Å². The van der Waals surface area contributed by atoms with Crippen molar-refractivity contribution in [3.8, 4) is 0 Å². The van der Waals surface area contributed by atoms with E-state index in [2.05, 4.69) is 0 Å². The van der Waals surface area contributed by atoms with Gasteiger partial charge in [-0.05, 0) is 62.9 Å². The van der Waals surface area contributed by atoms with Crippen LogP contribution in [-0.4, -0.2) is 8.42 Å². The summed E-state index contributed by atoms with van der Waals surface area (Å²) in [6, 6.07) is 17.6. The normalized spacial score (nSPS) is 11.8. The lowest BCUT2D eigenvalue weighted by Gasteiger charge is -2.08. The van der Waals surface area contributed by atoms with E-state index in [0.29, 0.717) is 6.07 Å². The molecule has 0 aromatic heterocycles. The third-order valence-electron chi connectivity index (χ3n) is 4.35. The van der Waals surface area contributed by atoms with Crippen molar-refractivity contribution in [1.82, 2.24) is 0 Å². The maximum absolute atomic E-state index is 14.1. The monoisotopic (exact) mass is 530 g/mol. The van der Waals surface area contributed by atoms with Gasteiger partial charge in [0.1, 0.15) is 16.5 Å². The topological polar surface area (TPSA) is 43.4 Å². The molecule has 3 nitrogen and oxygen atoms in total. The maximum Gasteiger partial charge on any atom is 0.339 e. The summed E-state index contributed by atoms with van der Waals surface area (Å²) >= 11 is -2.91. The maximum atomic E-state index is 14.1. The molecule has 0 atom stereocenters. The Morgan fingerprint density at radius 1 is 0.793 bits per heavy atom. The molecule has 0 heterocycles. The Morgan fingerprint density at radius 3 is 1.69 bits per heavy atom. The highest BCUT2D eigenvalue weighted by atomic mass is 127. The second-order valence-corrected chi connectivity index (χ2v) is 12.8. The third-order valence-corrected chi connectivity index (χ3v) is 11.7. The molecule has 3 aromatic rings. The van der Waals surface area contributed by atoms with Gasteiger partial charge in [-0.2, -0.15) is 8.42 Å². The standard InChI is InChI=1S/C22H21F2IO3S/c1-3-16-5-10-19(11-6-16)25(20-12-7-17(4-2)8-13-20)28-29(26,27)22-14-9-18(23)15-21(22)24/h5-15H,3-4H2,1-2H3/q+1. The Hall–Kier alpha value is -1.84. The smallest absolute Gasteiger partial charge is 0.207 e. The molecule has 0 fully saturated rings. The largest absolute Gasteiger partial charge is 0.339 e. The van der Waals surface area contributed by atoms with E-state index in [4.69, 9.17) is 2.51 Å². The Labute approximate surface area is 177 Å². The van der Waals surface area contributed by atoms with Gasteiger partial charge >= 0.3 is 30.4 Å². The fourth-order valence-corrected chi connectivity index (χ4v) is 9.57. The van der Waals surface area contributed by atoms with E-state index in [-0.39, 0.29) is 0 Å². The summed E-state index contributed by atoms with van der Waals surface area (Å²) in [5.41, 5.74) is 2.25. The highest BCUT2D eigenvalue weighted by molar-refractivity contribution is 7.86. The van der Waals surface area contributed by atoms with Crippen LogP contribution in [0.3, 0.4) is 0 Å². The molecule has 0 spiro atoms. The summed E-state index contributed by atoms with van der Waals surface area (Å²) in [7, 11) is -4.41. The molecular formula is C22H21F2IO3S+. The quantitative estimate of drug-likeness (QED) is 0.440. The molecule has 0 saturated carbocycles. The zero-order valence-corrected chi connectivity index (χ0v) is 19.0. The predicted octanol–water partition coefficient (Wildman–Crippen LogP) is 2.07. The first-order valence-electron chi connectivity index (χ1n) is 9.12. The average molecular weight is 530 g/mol. The molecule has 29 heavy (non-hydrogen) atoms. The highest BCUT2D eigenvalue weighted by Crippen LogP contribution is 2.16. The first-order chi connectivity index (χ1) is 13.8. The number of rotatable bonds is 7. The number of halogens is 3. The lowest BCUT2D eigenvalue weighted by molar-refractivity contribution is -1.03. The van der Waals surface area contributed by atoms with Gasteiger partial charge in [0.2, 0.25) is 0 Å². The average Bonchev–Trinajstić information content (AvgIpc) is 2.72. The van der Waals surface area contributed by atoms with Gasteiger partial charge in [-0.25, -0.2) is 8.78 Å². The molecule has 0 aliphatic rings. The van der Waals surface area contributed by atoms with Gasteiger partial charge in [-0.3, -0.25) is 0 Å². The molecule has 0 bridgehead atoms. The van der Waals surface area contributed by atoms with E-state index in [1.807, 2.05) is 62.4 Å². The van der Waals surface area contributed by atoms with Gasteiger partial charge in [0, 0.05) is 6.07 Å². The van der Waals surface area contributed by atoms with E-state index in [9.17, 15) is 17.2 Å². The number of benzene rings is 3. The molecule has 3 aromatic carbocycles. The molecular weight excluding hydrogens is 509 g/mol. The lowest BCUT2D eigenvalue weighted by atomic mass is 10.2. The lowest BCUT2D eigenvalue weighted by Crippen LogP contribution is -3.85. The minimum absolute atomic E-state index is 0.543. The van der Waals surface area contributed by atoms with Crippen molar-refractivity contribution in [2.45, 2.75) is 31.6 Å². The van der Waals surface area contributed by atoms with Gasteiger partial charge in [-0.15, -0.1) is 0 Å². The Bertz CT molecular complexity index is 1030. The van der Waals surface area contributed by atoms with Crippen LogP contribution >= 0.6 is 0 Å². The van der Waals surface area contributed by atoms with Crippen molar-refractivity contribution < 1.29 is 39.9 Å². The van der Waals surface area contributed by atoms with Crippen LogP contribution in [0.15, 0.2) is 71.6 Å². The summed E-state index contributed by atoms with van der Waals surface area (Å²) in [5, 5.41) is 0. The summed E-state index contributed by atoms with van der Waals surface area (Å²) < 4.78 is 60.2. The van der Waals surface area contributed by atoms with Crippen molar-refractivity contribution >= 4 is 10.1 Å². The van der Waals surface area contributed by atoms with Crippen molar-refractivity contribution in [1.29, 1.82) is 0 Å². The Kier molecular flexibility index (Phi) is 7.02. The van der Waals surface area contributed by atoms with Crippen molar-refractivity contribution in [2.24, 2.45) is 0 Å². The fraction of sp³-hybridized carbons (Fsp3) is 0.182. The van der Waals surface area contributed by atoms with Crippen LogP contribution in [0.25, 0.3) is 0 Å². The van der Waals surface area contributed by atoms with E-state index >= 15 is 0 Å². The fourth-order valence-electron chi connectivity index (χ4n) is 2.66. The summed E-state index contributed by atoms with van der Waals surface area (Å²) in [4.78, 5) is -0.656. The number of hydrogen-bond donors (Lipinski definition) is 0. The van der Waals surface area contributed by atoms with Gasteiger partial charge in [0.25, 0.3) is 0 Å². The Morgan fingerprint density at radius 2 is 1.28 bits per heavy atom. The predicted molar refractivity (Wildman–Crippen MR) is 104 cm³/mol. The summed E-state index contributed by atoms with van der Waals surface area (Å²) in [6.07, 6.45) is 1.72.